The Balaban J connectivity index is 2.94. The minimum Gasteiger partial charge on any atom is -0.352 e. The number of carbonyl (C=O) groups is 2. The van der Waals surface area contributed by atoms with Crippen LogP contribution in [0.1, 0.15) is 38.1 Å². The van der Waals surface area contributed by atoms with E-state index in [4.69, 9.17) is 0 Å². The van der Waals surface area contributed by atoms with Gasteiger partial charge in [0.1, 0.15) is 23.2 Å². The first-order valence-corrected chi connectivity index (χ1v) is 6.79. The van der Waals surface area contributed by atoms with E-state index in [-0.39, 0.29) is 17.9 Å². The number of hydrogen-bond donors (Lipinski definition) is 2. The Morgan fingerprint density at radius 2 is 1.52 bits per heavy atom. The third-order valence-electron chi connectivity index (χ3n) is 2.86. The summed E-state index contributed by atoms with van der Waals surface area (Å²) in [4.78, 5) is 24.0. The van der Waals surface area contributed by atoms with Gasteiger partial charge in [0.25, 0.3) is 5.91 Å². The fraction of sp³-hybridized carbons (Fsp3) is 0.467. The van der Waals surface area contributed by atoms with Crippen molar-refractivity contribution in [1.29, 1.82) is 0 Å². The molecule has 0 aliphatic heterocycles. The molecule has 6 heteroatoms. The lowest BCUT2D eigenvalue weighted by atomic mass is 10.0. The summed E-state index contributed by atoms with van der Waals surface area (Å²) in [7, 11) is 0. The van der Waals surface area contributed by atoms with Crippen LogP contribution in [0.3, 0.4) is 0 Å². The van der Waals surface area contributed by atoms with Crippen LogP contribution in [0.15, 0.2) is 18.2 Å². The Bertz CT molecular complexity index is 510. The lowest BCUT2D eigenvalue weighted by Gasteiger charge is -2.23. The molecule has 2 amide bonds. The lowest BCUT2D eigenvalue weighted by Crippen LogP contribution is -2.51. The van der Waals surface area contributed by atoms with Crippen molar-refractivity contribution in [2.75, 3.05) is 0 Å². The number of rotatable bonds is 5. The van der Waals surface area contributed by atoms with Crippen LogP contribution in [-0.4, -0.2) is 23.9 Å². The zero-order valence-corrected chi connectivity index (χ0v) is 12.5. The molecule has 1 aromatic carbocycles. The minimum absolute atomic E-state index is 0.0964. The highest BCUT2D eigenvalue weighted by atomic mass is 19.1. The Hall–Kier alpha value is -1.98. The van der Waals surface area contributed by atoms with Crippen molar-refractivity contribution >= 4 is 11.8 Å². The molecule has 1 atom stereocenters. The van der Waals surface area contributed by atoms with E-state index in [0.29, 0.717) is 0 Å². The Labute approximate surface area is 122 Å². The summed E-state index contributed by atoms with van der Waals surface area (Å²) in [6, 6.07) is 2.21. The smallest absolute Gasteiger partial charge is 0.257 e. The molecule has 0 spiro atoms. The highest BCUT2D eigenvalue weighted by Gasteiger charge is 2.27. The highest BCUT2D eigenvalue weighted by Crippen LogP contribution is 2.13. The number of amides is 2. The molecule has 0 saturated carbocycles. The SMILES string of the molecule is CC(C)NC(=O)C(NC(=O)c1c(F)cccc1F)C(C)C. The third kappa shape index (κ3) is 4.51. The number of halogens is 2. The second kappa shape index (κ2) is 7.15. The van der Waals surface area contributed by atoms with Gasteiger partial charge < -0.3 is 10.6 Å². The first-order valence-electron chi connectivity index (χ1n) is 6.79. The van der Waals surface area contributed by atoms with Crippen molar-refractivity contribution in [2.45, 2.75) is 39.8 Å². The summed E-state index contributed by atoms with van der Waals surface area (Å²) in [5.41, 5.74) is -0.680. The van der Waals surface area contributed by atoms with Gasteiger partial charge in [-0.05, 0) is 31.9 Å². The van der Waals surface area contributed by atoms with Gasteiger partial charge in [-0.3, -0.25) is 9.59 Å². The van der Waals surface area contributed by atoms with Crippen molar-refractivity contribution < 1.29 is 18.4 Å². The van der Waals surface area contributed by atoms with Gasteiger partial charge in [-0.15, -0.1) is 0 Å². The van der Waals surface area contributed by atoms with E-state index in [9.17, 15) is 18.4 Å². The molecule has 1 unspecified atom stereocenters. The van der Waals surface area contributed by atoms with Crippen LogP contribution in [-0.2, 0) is 4.79 Å². The van der Waals surface area contributed by atoms with E-state index in [1.807, 2.05) is 0 Å². The van der Waals surface area contributed by atoms with Crippen LogP contribution >= 0.6 is 0 Å². The molecule has 1 rings (SSSR count). The quantitative estimate of drug-likeness (QED) is 0.876. The maximum atomic E-state index is 13.6. The van der Waals surface area contributed by atoms with Gasteiger partial charge in [-0.1, -0.05) is 19.9 Å². The Morgan fingerprint density at radius 3 is 1.95 bits per heavy atom. The molecule has 1 aromatic rings. The van der Waals surface area contributed by atoms with Crippen LogP contribution in [0.2, 0.25) is 0 Å². The Kier molecular flexibility index (Phi) is 5.81. The highest BCUT2D eigenvalue weighted by molar-refractivity contribution is 5.98. The molecule has 0 aliphatic rings. The van der Waals surface area contributed by atoms with Gasteiger partial charge in [0.05, 0.1) is 0 Å². The molecular formula is C15H20F2N2O2. The largest absolute Gasteiger partial charge is 0.352 e. The molecule has 4 nitrogen and oxygen atoms in total. The zero-order valence-electron chi connectivity index (χ0n) is 12.5. The van der Waals surface area contributed by atoms with Gasteiger partial charge >= 0.3 is 0 Å². The maximum Gasteiger partial charge on any atom is 0.257 e. The van der Waals surface area contributed by atoms with Gasteiger partial charge in [0.2, 0.25) is 5.91 Å². The summed E-state index contributed by atoms with van der Waals surface area (Å²) in [6.07, 6.45) is 0. The monoisotopic (exact) mass is 298 g/mol. The van der Waals surface area contributed by atoms with Gasteiger partial charge in [0.15, 0.2) is 0 Å². The first kappa shape index (κ1) is 17.1. The molecule has 0 aliphatic carbocycles. The van der Waals surface area contributed by atoms with Crippen LogP contribution in [0.25, 0.3) is 0 Å². The first-order chi connectivity index (χ1) is 9.73. The molecule has 0 heterocycles. The third-order valence-corrected chi connectivity index (χ3v) is 2.86. The van der Waals surface area contributed by atoms with Crippen molar-refractivity contribution in [1.82, 2.24) is 10.6 Å². The average Bonchev–Trinajstić information content (AvgIpc) is 2.34. The van der Waals surface area contributed by atoms with Gasteiger partial charge in [-0.25, -0.2) is 8.78 Å². The second-order valence-corrected chi connectivity index (χ2v) is 5.46. The van der Waals surface area contributed by atoms with Crippen molar-refractivity contribution in [3.05, 3.63) is 35.4 Å². The second-order valence-electron chi connectivity index (χ2n) is 5.46. The van der Waals surface area contributed by atoms with Crippen LogP contribution in [0.5, 0.6) is 0 Å². The molecular weight excluding hydrogens is 278 g/mol. The average molecular weight is 298 g/mol. The fourth-order valence-electron chi connectivity index (χ4n) is 1.84. The molecule has 116 valence electrons. The summed E-state index contributed by atoms with van der Waals surface area (Å²) in [6.45, 7) is 7.05. The van der Waals surface area contributed by atoms with Crippen LogP contribution in [0.4, 0.5) is 8.78 Å². The Morgan fingerprint density at radius 1 is 1.00 bits per heavy atom. The van der Waals surface area contributed by atoms with E-state index in [1.165, 1.54) is 6.07 Å². The number of nitrogens with one attached hydrogen (secondary N) is 2. The van der Waals surface area contributed by atoms with Crippen LogP contribution < -0.4 is 10.6 Å². The lowest BCUT2D eigenvalue weighted by molar-refractivity contribution is -0.124. The van der Waals surface area contributed by atoms with Crippen LogP contribution in [0, 0.1) is 17.6 Å². The van der Waals surface area contributed by atoms with Gasteiger partial charge in [-0.2, -0.15) is 0 Å². The molecule has 2 N–H and O–H groups in total. The standard InChI is InChI=1S/C15H20F2N2O2/c1-8(2)13(15(21)18-9(3)4)19-14(20)12-10(16)6-5-7-11(12)17/h5-9,13H,1-4H3,(H,18,21)(H,19,20). The summed E-state index contributed by atoms with van der Waals surface area (Å²) in [5, 5.41) is 5.06. The zero-order chi connectivity index (χ0) is 16.2. The van der Waals surface area contributed by atoms with Crippen molar-refractivity contribution in [2.24, 2.45) is 5.92 Å². The molecule has 0 bridgehead atoms. The predicted octanol–water partition coefficient (Wildman–Crippen LogP) is 2.24. The van der Waals surface area contributed by atoms with Gasteiger partial charge in [0, 0.05) is 6.04 Å². The summed E-state index contributed by atoms with van der Waals surface area (Å²) in [5.74, 6) is -3.46. The molecule has 0 radical (unpaired) electrons. The predicted molar refractivity (Wildman–Crippen MR) is 75.7 cm³/mol. The van der Waals surface area contributed by atoms with E-state index in [2.05, 4.69) is 10.6 Å². The normalized spacial score (nSPS) is 12.4. The number of hydrogen-bond acceptors (Lipinski definition) is 2. The van der Waals surface area contributed by atoms with E-state index in [1.54, 1.807) is 27.7 Å². The van der Waals surface area contributed by atoms with Crippen molar-refractivity contribution in [3.8, 4) is 0 Å². The molecule has 21 heavy (non-hydrogen) atoms. The summed E-state index contributed by atoms with van der Waals surface area (Å²) >= 11 is 0. The molecule has 0 fully saturated rings. The number of benzene rings is 1. The topological polar surface area (TPSA) is 58.2 Å². The molecule has 0 aromatic heterocycles. The summed E-state index contributed by atoms with van der Waals surface area (Å²) < 4.78 is 27.1. The van der Waals surface area contributed by atoms with Crippen molar-refractivity contribution in [3.63, 3.8) is 0 Å². The van der Waals surface area contributed by atoms with E-state index < -0.39 is 29.1 Å². The fourth-order valence-corrected chi connectivity index (χ4v) is 1.84. The minimum atomic E-state index is -0.959. The van der Waals surface area contributed by atoms with E-state index >= 15 is 0 Å². The van der Waals surface area contributed by atoms with E-state index in [0.717, 1.165) is 12.1 Å². The molecule has 0 saturated heterocycles. The number of carbonyl (C=O) groups excluding carboxylic acids is 2. The maximum absolute atomic E-state index is 13.6.